The van der Waals surface area contributed by atoms with Crippen LogP contribution >= 0.6 is 25.2 Å². The van der Waals surface area contributed by atoms with Crippen molar-refractivity contribution in [3.63, 3.8) is 0 Å². The van der Waals surface area contributed by atoms with Gasteiger partial charge in [0.15, 0.2) is 17.3 Å². The monoisotopic (exact) mass is 334 g/mol. The Morgan fingerprint density at radius 3 is 2.17 bits per heavy atom. The third-order valence-electron chi connectivity index (χ3n) is 2.44. The lowest BCUT2D eigenvalue weighted by molar-refractivity contribution is 0.0986. The number of Topliss-reactive ketones (excluding diaryl/α,β-unsaturated/α-hetero) is 1. The Kier molecular flexibility index (Phi) is 5.42. The smallest absolute Gasteiger partial charge is 0.177 e. The fraction of sp³-hybridized carbons (Fsp3) is 0.417. The van der Waals surface area contributed by atoms with E-state index in [0.29, 0.717) is 27.3 Å². The van der Waals surface area contributed by atoms with Crippen molar-refractivity contribution in [2.75, 3.05) is 21.3 Å². The second kappa shape index (κ2) is 6.39. The lowest BCUT2D eigenvalue weighted by atomic mass is 10.1. The lowest BCUT2D eigenvalue weighted by Gasteiger charge is -2.18. The number of hydrogen-bond acceptors (Lipinski definition) is 4. The predicted octanol–water partition coefficient (Wildman–Crippen LogP) is 2.92. The summed E-state index contributed by atoms with van der Waals surface area (Å²) < 4.78 is 16.4. The van der Waals surface area contributed by atoms with E-state index in [2.05, 4.69) is 25.2 Å². The Balaban J connectivity index is 3.60. The van der Waals surface area contributed by atoms with Crippen LogP contribution in [0.25, 0.3) is 0 Å². The van der Waals surface area contributed by atoms with Crippen molar-refractivity contribution in [3.8, 4) is 17.2 Å². The van der Waals surface area contributed by atoms with Gasteiger partial charge in [-0.2, -0.15) is 0 Å². The lowest BCUT2D eigenvalue weighted by Crippen LogP contribution is -2.14. The van der Waals surface area contributed by atoms with Crippen LogP contribution in [0.1, 0.15) is 17.3 Å². The maximum absolute atomic E-state index is 12.3. The van der Waals surface area contributed by atoms with Gasteiger partial charge in [-0.1, -0.05) is 6.92 Å². The van der Waals surface area contributed by atoms with Gasteiger partial charge in [-0.3, -0.25) is 4.79 Å². The molecule has 0 fully saturated rings. The van der Waals surface area contributed by atoms with E-state index in [1.807, 2.05) is 0 Å². The molecular formula is C12H16BrO4P. The molecule has 1 aromatic rings. The van der Waals surface area contributed by atoms with Crippen LogP contribution in [0.4, 0.5) is 0 Å². The van der Waals surface area contributed by atoms with Crippen LogP contribution in [0.3, 0.4) is 0 Å². The van der Waals surface area contributed by atoms with Gasteiger partial charge >= 0.3 is 0 Å². The minimum Gasteiger partial charge on any atom is -0.495 e. The molecule has 0 aliphatic rings. The van der Waals surface area contributed by atoms with Gasteiger partial charge in [0.2, 0.25) is 0 Å². The van der Waals surface area contributed by atoms with Crippen LogP contribution < -0.4 is 14.2 Å². The van der Waals surface area contributed by atoms with Crippen molar-refractivity contribution in [3.05, 3.63) is 16.1 Å². The fourth-order valence-corrected chi connectivity index (χ4v) is 2.33. The summed E-state index contributed by atoms with van der Waals surface area (Å²) in [7, 11) is 6.99. The first-order valence-corrected chi connectivity index (χ1v) is 6.72. The third kappa shape index (κ3) is 2.78. The van der Waals surface area contributed by atoms with Gasteiger partial charge in [-0.05, 0) is 15.9 Å². The highest BCUT2D eigenvalue weighted by molar-refractivity contribution is 9.10. The molecule has 0 aliphatic heterocycles. The molecule has 18 heavy (non-hydrogen) atoms. The van der Waals surface area contributed by atoms with E-state index >= 15 is 0 Å². The molecule has 0 saturated heterocycles. The SMILES string of the molecule is COc1cc(Br)c(OC)c(C(=O)C(C)P)c1OC. The van der Waals surface area contributed by atoms with E-state index < -0.39 is 0 Å². The van der Waals surface area contributed by atoms with Crippen LogP contribution in [0.15, 0.2) is 10.5 Å². The topological polar surface area (TPSA) is 44.8 Å². The summed E-state index contributed by atoms with van der Waals surface area (Å²) >= 11 is 3.36. The maximum Gasteiger partial charge on any atom is 0.177 e. The molecule has 0 bridgehead atoms. The number of carbonyl (C=O) groups is 1. The van der Waals surface area contributed by atoms with E-state index in [-0.39, 0.29) is 11.4 Å². The van der Waals surface area contributed by atoms with Crippen molar-refractivity contribution >= 4 is 31.0 Å². The van der Waals surface area contributed by atoms with E-state index in [0.717, 1.165) is 0 Å². The van der Waals surface area contributed by atoms with E-state index in [1.165, 1.54) is 21.3 Å². The highest BCUT2D eigenvalue weighted by Crippen LogP contribution is 2.43. The molecule has 0 aliphatic carbocycles. The van der Waals surface area contributed by atoms with E-state index in [9.17, 15) is 4.79 Å². The molecule has 100 valence electrons. The summed E-state index contributed by atoms with van der Waals surface area (Å²) in [5.74, 6) is 1.23. The summed E-state index contributed by atoms with van der Waals surface area (Å²) in [6.45, 7) is 1.79. The number of halogens is 1. The summed E-state index contributed by atoms with van der Waals surface area (Å²) in [6.07, 6.45) is 0. The zero-order chi connectivity index (χ0) is 13.9. The van der Waals surface area contributed by atoms with Gasteiger partial charge in [0.25, 0.3) is 0 Å². The number of rotatable bonds is 5. The largest absolute Gasteiger partial charge is 0.495 e. The zero-order valence-electron chi connectivity index (χ0n) is 10.7. The second-order valence-electron chi connectivity index (χ2n) is 3.66. The summed E-state index contributed by atoms with van der Waals surface area (Å²) in [6, 6.07) is 1.71. The fourth-order valence-electron chi connectivity index (χ4n) is 1.60. The Hall–Kier alpha value is -0.800. The third-order valence-corrected chi connectivity index (χ3v) is 3.33. The average molecular weight is 335 g/mol. The highest BCUT2D eigenvalue weighted by Gasteiger charge is 2.26. The quantitative estimate of drug-likeness (QED) is 0.613. The number of ketones is 1. The summed E-state index contributed by atoms with van der Waals surface area (Å²) in [4.78, 5) is 12.3. The molecular weight excluding hydrogens is 319 g/mol. The molecule has 0 heterocycles. The second-order valence-corrected chi connectivity index (χ2v) is 5.51. The van der Waals surface area contributed by atoms with Crippen molar-refractivity contribution in [2.24, 2.45) is 0 Å². The Labute approximate surface area is 117 Å². The molecule has 0 spiro atoms. The number of benzene rings is 1. The number of methoxy groups -OCH3 is 3. The van der Waals surface area contributed by atoms with Gasteiger partial charge in [-0.15, -0.1) is 9.24 Å². The minimum absolute atomic E-state index is 0.0895. The van der Waals surface area contributed by atoms with Crippen LogP contribution in [0.2, 0.25) is 0 Å². The molecule has 6 heteroatoms. The van der Waals surface area contributed by atoms with Crippen molar-refractivity contribution in [1.82, 2.24) is 0 Å². The van der Waals surface area contributed by atoms with E-state index in [4.69, 9.17) is 14.2 Å². The summed E-state index contributed by atoms with van der Waals surface area (Å²) in [5.41, 5.74) is 0.139. The maximum atomic E-state index is 12.3. The van der Waals surface area contributed by atoms with Crippen molar-refractivity contribution in [2.45, 2.75) is 12.6 Å². The number of hydrogen-bond donors (Lipinski definition) is 0. The standard InChI is InChI=1S/C12H16BrO4P/c1-6(18)10(14)9-11(16-3)7(13)5-8(15-2)12(9)17-4/h5-6H,18H2,1-4H3. The first kappa shape index (κ1) is 15.3. The van der Waals surface area contributed by atoms with Crippen molar-refractivity contribution < 1.29 is 19.0 Å². The Bertz CT molecular complexity index is 460. The minimum atomic E-state index is -0.244. The van der Waals surface area contributed by atoms with Gasteiger partial charge in [0.1, 0.15) is 11.3 Å². The predicted molar refractivity (Wildman–Crippen MR) is 77.3 cm³/mol. The van der Waals surface area contributed by atoms with Gasteiger partial charge < -0.3 is 14.2 Å². The highest BCUT2D eigenvalue weighted by atomic mass is 79.9. The zero-order valence-corrected chi connectivity index (χ0v) is 13.5. The molecule has 0 aromatic heterocycles. The molecule has 0 saturated carbocycles. The molecule has 4 nitrogen and oxygen atoms in total. The van der Waals surface area contributed by atoms with Crippen LogP contribution in [0.5, 0.6) is 17.2 Å². The number of ether oxygens (including phenoxy) is 3. The Morgan fingerprint density at radius 1 is 1.22 bits per heavy atom. The average Bonchev–Trinajstić information content (AvgIpc) is 2.36. The molecule has 0 N–H and O–H groups in total. The van der Waals surface area contributed by atoms with E-state index in [1.54, 1.807) is 13.0 Å². The molecule has 0 amide bonds. The number of carbonyl (C=O) groups excluding carboxylic acids is 1. The van der Waals surface area contributed by atoms with Crippen LogP contribution in [-0.2, 0) is 0 Å². The summed E-state index contributed by atoms with van der Waals surface area (Å²) in [5, 5.41) is 0. The molecule has 0 radical (unpaired) electrons. The molecule has 1 aromatic carbocycles. The van der Waals surface area contributed by atoms with Crippen LogP contribution in [0, 0.1) is 0 Å². The van der Waals surface area contributed by atoms with Crippen LogP contribution in [-0.4, -0.2) is 32.8 Å². The Morgan fingerprint density at radius 2 is 1.78 bits per heavy atom. The van der Waals surface area contributed by atoms with Gasteiger partial charge in [0, 0.05) is 11.7 Å². The van der Waals surface area contributed by atoms with Gasteiger partial charge in [-0.25, -0.2) is 0 Å². The first-order valence-electron chi connectivity index (χ1n) is 5.26. The molecule has 2 atom stereocenters. The van der Waals surface area contributed by atoms with Gasteiger partial charge in [0.05, 0.1) is 25.8 Å². The molecule has 1 rings (SSSR count). The molecule has 2 unspecified atom stereocenters. The first-order chi connectivity index (χ1) is 8.47. The van der Waals surface area contributed by atoms with Crippen molar-refractivity contribution in [1.29, 1.82) is 0 Å². The normalized spacial score (nSPS) is 11.9.